The second-order valence-corrected chi connectivity index (χ2v) is 6.28. The van der Waals surface area contributed by atoms with Crippen LogP contribution < -0.4 is 5.32 Å². The van der Waals surface area contributed by atoms with Gasteiger partial charge in [0.15, 0.2) is 0 Å². The first-order valence-electron chi connectivity index (χ1n) is 5.47. The van der Waals surface area contributed by atoms with Crippen LogP contribution in [0.5, 0.6) is 0 Å². The predicted octanol–water partition coefficient (Wildman–Crippen LogP) is 3.86. The van der Waals surface area contributed by atoms with Crippen molar-refractivity contribution < 1.29 is 9.90 Å². The van der Waals surface area contributed by atoms with Gasteiger partial charge < -0.3 is 10.4 Å². The van der Waals surface area contributed by atoms with E-state index in [1.54, 1.807) is 29.5 Å². The summed E-state index contributed by atoms with van der Waals surface area (Å²) in [7, 11) is 0. The van der Waals surface area contributed by atoms with Gasteiger partial charge in [0.2, 0.25) is 0 Å². The van der Waals surface area contributed by atoms with Crippen LogP contribution in [0.3, 0.4) is 0 Å². The van der Waals surface area contributed by atoms with Gasteiger partial charge in [0.1, 0.15) is 0 Å². The van der Waals surface area contributed by atoms with Crippen LogP contribution in [0.2, 0.25) is 0 Å². The van der Waals surface area contributed by atoms with Crippen molar-refractivity contribution >= 4 is 38.9 Å². The van der Waals surface area contributed by atoms with Gasteiger partial charge in [-0.3, -0.25) is 0 Å². The molecule has 5 heteroatoms. The summed E-state index contributed by atoms with van der Waals surface area (Å²) in [4.78, 5) is 12.3. The van der Waals surface area contributed by atoms with Crippen LogP contribution in [-0.4, -0.2) is 17.6 Å². The molecule has 94 valence electrons. The number of carboxylic acid groups (broad SMARTS) is 1. The van der Waals surface area contributed by atoms with Gasteiger partial charge in [-0.2, -0.15) is 0 Å². The molecular weight excluding hydrogens is 314 g/mol. The first-order valence-corrected chi connectivity index (χ1v) is 7.08. The van der Waals surface area contributed by atoms with Crippen molar-refractivity contribution in [3.05, 3.63) is 50.6 Å². The van der Waals surface area contributed by atoms with Crippen LogP contribution in [0.25, 0.3) is 0 Å². The Morgan fingerprint density at radius 2 is 2.06 bits per heavy atom. The number of carboxylic acids is 1. The van der Waals surface area contributed by atoms with Crippen LogP contribution >= 0.6 is 27.3 Å². The van der Waals surface area contributed by atoms with Crippen LogP contribution in [0.1, 0.15) is 15.2 Å². The second-order valence-electron chi connectivity index (χ2n) is 3.73. The van der Waals surface area contributed by atoms with Gasteiger partial charge >= 0.3 is 5.97 Å². The highest BCUT2D eigenvalue weighted by molar-refractivity contribution is 9.11. The van der Waals surface area contributed by atoms with E-state index in [4.69, 9.17) is 5.11 Å². The van der Waals surface area contributed by atoms with E-state index in [9.17, 15) is 4.79 Å². The summed E-state index contributed by atoms with van der Waals surface area (Å²) >= 11 is 5.11. The zero-order valence-corrected chi connectivity index (χ0v) is 11.9. The highest BCUT2D eigenvalue weighted by Gasteiger charge is 2.08. The van der Waals surface area contributed by atoms with Gasteiger partial charge in [-0.25, -0.2) is 4.79 Å². The summed E-state index contributed by atoms with van der Waals surface area (Å²) in [6.45, 7) is 0.719. The topological polar surface area (TPSA) is 49.3 Å². The van der Waals surface area contributed by atoms with Gasteiger partial charge in [-0.1, -0.05) is 12.1 Å². The molecule has 0 unspecified atom stereocenters. The number of anilines is 1. The molecule has 0 amide bonds. The number of benzene rings is 1. The Kier molecular flexibility index (Phi) is 4.38. The zero-order valence-electron chi connectivity index (χ0n) is 9.52. The molecule has 0 saturated carbocycles. The molecular formula is C13H12BrNO2S. The molecule has 2 rings (SSSR count). The lowest BCUT2D eigenvalue weighted by Crippen LogP contribution is -2.08. The van der Waals surface area contributed by atoms with Gasteiger partial charge in [-0.15, -0.1) is 11.3 Å². The SMILES string of the molecule is O=C(O)c1ccccc1NCCc1ccc(Br)s1. The molecule has 0 aliphatic carbocycles. The Morgan fingerprint density at radius 3 is 2.72 bits per heavy atom. The monoisotopic (exact) mass is 325 g/mol. The second kappa shape index (κ2) is 6.02. The van der Waals surface area contributed by atoms with Crippen molar-refractivity contribution in [1.29, 1.82) is 0 Å². The highest BCUT2D eigenvalue weighted by Crippen LogP contribution is 2.22. The average molecular weight is 326 g/mol. The summed E-state index contributed by atoms with van der Waals surface area (Å²) in [6, 6.07) is 11.0. The number of nitrogens with one attached hydrogen (secondary N) is 1. The highest BCUT2D eigenvalue weighted by atomic mass is 79.9. The molecule has 0 aliphatic rings. The van der Waals surface area contributed by atoms with Crippen LogP contribution in [-0.2, 0) is 6.42 Å². The summed E-state index contributed by atoms with van der Waals surface area (Å²) in [5, 5.41) is 12.2. The van der Waals surface area contributed by atoms with E-state index >= 15 is 0 Å². The minimum absolute atomic E-state index is 0.310. The Balaban J connectivity index is 1.96. The molecule has 3 nitrogen and oxygen atoms in total. The molecule has 0 atom stereocenters. The number of hydrogen-bond acceptors (Lipinski definition) is 3. The molecule has 2 aromatic rings. The normalized spacial score (nSPS) is 10.3. The number of thiophene rings is 1. The fourth-order valence-corrected chi connectivity index (χ4v) is 3.11. The largest absolute Gasteiger partial charge is 0.478 e. The molecule has 1 aromatic carbocycles. The van der Waals surface area contributed by atoms with Crippen LogP contribution in [0.15, 0.2) is 40.2 Å². The molecule has 1 aromatic heterocycles. The first kappa shape index (κ1) is 13.1. The molecule has 18 heavy (non-hydrogen) atoms. The maximum atomic E-state index is 11.0. The van der Waals surface area contributed by atoms with Crippen LogP contribution in [0.4, 0.5) is 5.69 Å². The Hall–Kier alpha value is -1.33. The molecule has 0 spiro atoms. The molecule has 0 radical (unpaired) electrons. The summed E-state index contributed by atoms with van der Waals surface area (Å²) in [5.41, 5.74) is 0.977. The summed E-state index contributed by atoms with van der Waals surface area (Å²) < 4.78 is 1.11. The number of halogens is 1. The lowest BCUT2D eigenvalue weighted by molar-refractivity contribution is 0.0698. The van der Waals surface area contributed by atoms with E-state index in [1.807, 2.05) is 12.1 Å². The quantitative estimate of drug-likeness (QED) is 0.877. The van der Waals surface area contributed by atoms with E-state index in [1.165, 1.54) is 4.88 Å². The maximum Gasteiger partial charge on any atom is 0.337 e. The van der Waals surface area contributed by atoms with Crippen LogP contribution in [0, 0.1) is 0 Å². The number of para-hydroxylation sites is 1. The third kappa shape index (κ3) is 3.34. The van der Waals surface area contributed by atoms with Crippen molar-refractivity contribution in [3.63, 3.8) is 0 Å². The standard InChI is InChI=1S/C13H12BrNO2S/c14-12-6-5-9(18-12)7-8-15-11-4-2-1-3-10(11)13(16)17/h1-6,15H,7-8H2,(H,16,17). The maximum absolute atomic E-state index is 11.0. The molecule has 0 saturated heterocycles. The number of hydrogen-bond donors (Lipinski definition) is 2. The van der Waals surface area contributed by atoms with E-state index < -0.39 is 5.97 Å². The minimum atomic E-state index is -0.906. The summed E-state index contributed by atoms with van der Waals surface area (Å²) in [5.74, 6) is -0.906. The molecule has 2 N–H and O–H groups in total. The smallest absolute Gasteiger partial charge is 0.337 e. The molecule has 0 aliphatic heterocycles. The van der Waals surface area contributed by atoms with Gasteiger partial charge in [-0.05, 0) is 46.6 Å². The Morgan fingerprint density at radius 1 is 1.28 bits per heavy atom. The summed E-state index contributed by atoms with van der Waals surface area (Å²) in [6.07, 6.45) is 0.879. The lowest BCUT2D eigenvalue weighted by atomic mass is 10.2. The lowest BCUT2D eigenvalue weighted by Gasteiger charge is -2.08. The first-order chi connectivity index (χ1) is 8.66. The van der Waals surface area contributed by atoms with Crippen molar-refractivity contribution in [2.45, 2.75) is 6.42 Å². The molecule has 0 fully saturated rings. The van der Waals surface area contributed by atoms with Crippen molar-refractivity contribution in [3.8, 4) is 0 Å². The third-order valence-corrected chi connectivity index (χ3v) is 4.16. The average Bonchev–Trinajstić information content (AvgIpc) is 2.75. The minimum Gasteiger partial charge on any atom is -0.478 e. The van der Waals surface area contributed by atoms with Gasteiger partial charge in [0.25, 0.3) is 0 Å². The number of rotatable bonds is 5. The zero-order chi connectivity index (χ0) is 13.0. The predicted molar refractivity (Wildman–Crippen MR) is 77.6 cm³/mol. The van der Waals surface area contributed by atoms with Gasteiger partial charge in [0, 0.05) is 17.1 Å². The van der Waals surface area contributed by atoms with E-state index in [-0.39, 0.29) is 0 Å². The van der Waals surface area contributed by atoms with Crippen molar-refractivity contribution in [2.24, 2.45) is 0 Å². The fraction of sp³-hybridized carbons (Fsp3) is 0.154. The van der Waals surface area contributed by atoms with Gasteiger partial charge in [0.05, 0.1) is 9.35 Å². The Labute approximate surface area is 118 Å². The third-order valence-electron chi connectivity index (χ3n) is 2.47. The van der Waals surface area contributed by atoms with E-state index in [2.05, 4.69) is 27.3 Å². The number of aromatic carboxylic acids is 1. The van der Waals surface area contributed by atoms with Crippen molar-refractivity contribution in [2.75, 3.05) is 11.9 Å². The van der Waals surface area contributed by atoms with E-state index in [0.29, 0.717) is 11.3 Å². The van der Waals surface area contributed by atoms with E-state index in [0.717, 1.165) is 16.8 Å². The molecule has 0 bridgehead atoms. The van der Waals surface area contributed by atoms with Crippen molar-refractivity contribution in [1.82, 2.24) is 0 Å². The molecule has 1 heterocycles. The Bertz CT molecular complexity index is 553. The number of carbonyl (C=O) groups is 1. The fourth-order valence-electron chi connectivity index (χ4n) is 1.63.